The Labute approximate surface area is 197 Å². The smallest absolute Gasteiger partial charge is 0.243 e. The van der Waals surface area contributed by atoms with Crippen LogP contribution in [0.2, 0.25) is 0 Å². The van der Waals surface area contributed by atoms with Gasteiger partial charge in [0.05, 0.1) is 0 Å². The minimum Gasteiger partial charge on any atom is -0.486 e. The lowest BCUT2D eigenvalue weighted by atomic mass is 10.0. The van der Waals surface area contributed by atoms with Crippen molar-refractivity contribution in [3.8, 4) is 11.5 Å². The molecule has 6 heteroatoms. The van der Waals surface area contributed by atoms with Crippen molar-refractivity contribution in [2.45, 2.75) is 65.0 Å². The number of ether oxygens (including phenoxy) is 2. The number of benzene rings is 2. The topological polar surface area (TPSA) is 67.9 Å². The molecule has 0 saturated heterocycles. The van der Waals surface area contributed by atoms with Gasteiger partial charge >= 0.3 is 0 Å². The third kappa shape index (κ3) is 7.24. The monoisotopic (exact) mass is 452 g/mol. The van der Waals surface area contributed by atoms with E-state index in [2.05, 4.69) is 5.32 Å². The van der Waals surface area contributed by atoms with Gasteiger partial charge in [-0.15, -0.1) is 0 Å². The molecule has 1 atom stereocenters. The SMILES string of the molecule is CC[C@H](C(=O)NC(C)(C)C)N(CCc1ccccc1)C(=O)CCc1ccc2c(c1)OCCO2. The second-order valence-corrected chi connectivity index (χ2v) is 9.46. The van der Waals surface area contributed by atoms with Crippen molar-refractivity contribution < 1.29 is 19.1 Å². The Bertz CT molecular complexity index is 937. The second-order valence-electron chi connectivity index (χ2n) is 9.46. The van der Waals surface area contributed by atoms with E-state index < -0.39 is 6.04 Å². The maximum atomic E-state index is 13.4. The Balaban J connectivity index is 1.72. The van der Waals surface area contributed by atoms with E-state index in [9.17, 15) is 9.59 Å². The van der Waals surface area contributed by atoms with E-state index in [4.69, 9.17) is 9.47 Å². The number of amides is 2. The zero-order valence-electron chi connectivity index (χ0n) is 20.2. The van der Waals surface area contributed by atoms with Gasteiger partial charge in [-0.1, -0.05) is 43.3 Å². The van der Waals surface area contributed by atoms with Crippen molar-refractivity contribution >= 4 is 11.8 Å². The molecule has 2 amide bonds. The summed E-state index contributed by atoms with van der Waals surface area (Å²) in [6.07, 6.45) is 2.17. The molecule has 1 aliphatic heterocycles. The fourth-order valence-corrected chi connectivity index (χ4v) is 3.99. The first kappa shape index (κ1) is 24.6. The molecule has 0 saturated carbocycles. The van der Waals surface area contributed by atoms with Crippen LogP contribution in [-0.2, 0) is 22.4 Å². The van der Waals surface area contributed by atoms with Gasteiger partial charge < -0.3 is 19.7 Å². The summed E-state index contributed by atoms with van der Waals surface area (Å²) < 4.78 is 11.2. The molecule has 0 fully saturated rings. The first-order valence-electron chi connectivity index (χ1n) is 11.8. The van der Waals surface area contributed by atoms with E-state index in [0.717, 1.165) is 22.6 Å². The maximum Gasteiger partial charge on any atom is 0.243 e. The van der Waals surface area contributed by atoms with E-state index in [-0.39, 0.29) is 17.4 Å². The van der Waals surface area contributed by atoms with Gasteiger partial charge in [0.1, 0.15) is 19.3 Å². The molecule has 33 heavy (non-hydrogen) atoms. The Morgan fingerprint density at radius 3 is 2.33 bits per heavy atom. The van der Waals surface area contributed by atoms with Crippen LogP contribution in [-0.4, -0.2) is 48.1 Å². The van der Waals surface area contributed by atoms with Gasteiger partial charge in [0.25, 0.3) is 0 Å². The van der Waals surface area contributed by atoms with E-state index in [1.165, 1.54) is 0 Å². The molecule has 2 aromatic carbocycles. The van der Waals surface area contributed by atoms with Crippen LogP contribution < -0.4 is 14.8 Å². The Hall–Kier alpha value is -3.02. The lowest BCUT2D eigenvalue weighted by molar-refractivity contribution is -0.141. The van der Waals surface area contributed by atoms with Crippen LogP contribution in [0, 0.1) is 0 Å². The molecule has 0 bridgehead atoms. The predicted molar refractivity (Wildman–Crippen MR) is 130 cm³/mol. The number of hydrogen-bond acceptors (Lipinski definition) is 4. The molecule has 6 nitrogen and oxygen atoms in total. The molecular formula is C27H36N2O4. The van der Waals surface area contributed by atoms with Crippen LogP contribution in [0.5, 0.6) is 11.5 Å². The highest BCUT2D eigenvalue weighted by molar-refractivity contribution is 5.88. The summed E-state index contributed by atoms with van der Waals surface area (Å²) in [5, 5.41) is 3.05. The number of carbonyl (C=O) groups excluding carboxylic acids is 2. The van der Waals surface area contributed by atoms with Gasteiger partial charge in [0.2, 0.25) is 11.8 Å². The molecule has 1 aliphatic rings. The minimum absolute atomic E-state index is 0.0169. The Kier molecular flexibility index (Phi) is 8.37. The highest BCUT2D eigenvalue weighted by Gasteiger charge is 2.30. The first-order valence-corrected chi connectivity index (χ1v) is 11.8. The average molecular weight is 453 g/mol. The zero-order valence-corrected chi connectivity index (χ0v) is 20.2. The normalized spacial score (nSPS) is 13.8. The molecule has 0 spiro atoms. The molecule has 0 aromatic heterocycles. The van der Waals surface area contributed by atoms with E-state index in [1.54, 1.807) is 4.90 Å². The average Bonchev–Trinajstić information content (AvgIpc) is 2.79. The lowest BCUT2D eigenvalue weighted by Gasteiger charge is -2.33. The highest BCUT2D eigenvalue weighted by atomic mass is 16.6. The molecule has 2 aromatic rings. The molecule has 0 aliphatic carbocycles. The quantitative estimate of drug-likeness (QED) is 0.621. The van der Waals surface area contributed by atoms with E-state index in [0.29, 0.717) is 45.4 Å². The molecule has 0 unspecified atom stereocenters. The van der Waals surface area contributed by atoms with Crippen molar-refractivity contribution in [2.75, 3.05) is 19.8 Å². The summed E-state index contributed by atoms with van der Waals surface area (Å²) in [5.41, 5.74) is 1.81. The number of carbonyl (C=O) groups is 2. The van der Waals surface area contributed by atoms with Crippen molar-refractivity contribution in [1.29, 1.82) is 0 Å². The fourth-order valence-electron chi connectivity index (χ4n) is 3.99. The number of nitrogens with zero attached hydrogens (tertiary/aromatic N) is 1. The molecule has 178 valence electrons. The number of nitrogens with one attached hydrogen (secondary N) is 1. The molecule has 1 N–H and O–H groups in total. The van der Waals surface area contributed by atoms with Crippen LogP contribution in [0.3, 0.4) is 0 Å². The fraction of sp³-hybridized carbons (Fsp3) is 0.481. The maximum absolute atomic E-state index is 13.4. The van der Waals surface area contributed by atoms with Crippen LogP contribution in [0.4, 0.5) is 0 Å². The number of hydrogen-bond donors (Lipinski definition) is 1. The summed E-state index contributed by atoms with van der Waals surface area (Å²) in [6, 6.07) is 15.4. The molecule has 3 rings (SSSR count). The van der Waals surface area contributed by atoms with Gasteiger partial charge in [0, 0.05) is 18.5 Å². The van der Waals surface area contributed by atoms with Crippen molar-refractivity contribution in [1.82, 2.24) is 10.2 Å². The third-order valence-electron chi connectivity index (χ3n) is 5.60. The Morgan fingerprint density at radius 1 is 0.970 bits per heavy atom. The lowest BCUT2D eigenvalue weighted by Crippen LogP contribution is -2.54. The minimum atomic E-state index is -0.499. The van der Waals surface area contributed by atoms with Gasteiger partial charge in [-0.05, 0) is 63.3 Å². The summed E-state index contributed by atoms with van der Waals surface area (Å²) in [7, 11) is 0. The van der Waals surface area contributed by atoms with Crippen LogP contribution in [0.15, 0.2) is 48.5 Å². The zero-order chi connectivity index (χ0) is 23.8. The standard InChI is InChI=1S/C27H36N2O4/c1-5-22(26(31)28-27(2,3)4)29(16-15-20-9-7-6-8-10-20)25(30)14-12-21-11-13-23-24(19-21)33-18-17-32-23/h6-11,13,19,22H,5,12,14-18H2,1-4H3,(H,28,31)/t22-/m1/s1. The van der Waals surface area contributed by atoms with Crippen LogP contribution in [0.1, 0.15) is 51.7 Å². The summed E-state index contributed by atoms with van der Waals surface area (Å²) in [6.45, 7) is 9.40. The van der Waals surface area contributed by atoms with E-state index in [1.807, 2.05) is 76.2 Å². The highest BCUT2D eigenvalue weighted by Crippen LogP contribution is 2.31. The number of rotatable bonds is 9. The number of fused-ring (bicyclic) bond motifs is 1. The summed E-state index contributed by atoms with van der Waals surface area (Å²) in [5.74, 6) is 1.34. The van der Waals surface area contributed by atoms with Crippen LogP contribution in [0.25, 0.3) is 0 Å². The van der Waals surface area contributed by atoms with Crippen molar-refractivity contribution in [3.05, 3.63) is 59.7 Å². The third-order valence-corrected chi connectivity index (χ3v) is 5.60. The van der Waals surface area contributed by atoms with Gasteiger partial charge in [-0.2, -0.15) is 0 Å². The summed E-state index contributed by atoms with van der Waals surface area (Å²) >= 11 is 0. The van der Waals surface area contributed by atoms with Crippen LogP contribution >= 0.6 is 0 Å². The summed E-state index contributed by atoms with van der Waals surface area (Å²) in [4.78, 5) is 28.2. The van der Waals surface area contributed by atoms with Gasteiger partial charge in [-0.25, -0.2) is 0 Å². The molecule has 1 heterocycles. The molecular weight excluding hydrogens is 416 g/mol. The predicted octanol–water partition coefficient (Wildman–Crippen LogP) is 4.16. The van der Waals surface area contributed by atoms with Crippen molar-refractivity contribution in [3.63, 3.8) is 0 Å². The van der Waals surface area contributed by atoms with Crippen molar-refractivity contribution in [2.24, 2.45) is 0 Å². The van der Waals surface area contributed by atoms with Gasteiger partial charge in [-0.3, -0.25) is 9.59 Å². The van der Waals surface area contributed by atoms with Gasteiger partial charge in [0.15, 0.2) is 11.5 Å². The second kappa shape index (κ2) is 11.2. The largest absolute Gasteiger partial charge is 0.486 e. The Morgan fingerprint density at radius 2 is 1.67 bits per heavy atom. The van der Waals surface area contributed by atoms with E-state index >= 15 is 0 Å². The first-order chi connectivity index (χ1) is 15.8. The number of aryl methyl sites for hydroxylation is 1. The molecule has 0 radical (unpaired) electrons.